The molecule has 1 aliphatic rings. The Morgan fingerprint density at radius 2 is 2.07 bits per heavy atom. The molecule has 0 spiro atoms. The third kappa shape index (κ3) is 5.57. The van der Waals surface area contributed by atoms with E-state index in [2.05, 4.69) is 29.9 Å². The van der Waals surface area contributed by atoms with Gasteiger partial charge in [-0.25, -0.2) is 4.98 Å². The summed E-state index contributed by atoms with van der Waals surface area (Å²) >= 11 is 0. The minimum absolute atomic E-state index is 0.163. The number of anilines is 1. The first-order valence-corrected chi connectivity index (χ1v) is 14.2. The van der Waals surface area contributed by atoms with Crippen molar-refractivity contribution in [1.29, 1.82) is 0 Å². The number of halogens is 1. The van der Waals surface area contributed by atoms with Gasteiger partial charge in [-0.3, -0.25) is 9.18 Å². The van der Waals surface area contributed by atoms with E-state index in [1.54, 1.807) is 6.20 Å². The van der Waals surface area contributed by atoms with E-state index < -0.39 is 14.0 Å². The molecule has 1 saturated carbocycles. The fourth-order valence-electron chi connectivity index (χ4n) is 3.79. The molecule has 29 heavy (non-hydrogen) atoms. The first kappa shape index (κ1) is 21.8. The minimum Gasteiger partial charge on any atom is -0.381 e. The van der Waals surface area contributed by atoms with Crippen molar-refractivity contribution in [2.24, 2.45) is 11.7 Å². The molecule has 2 aromatic rings. The van der Waals surface area contributed by atoms with Gasteiger partial charge in [0.15, 0.2) is 0 Å². The molecular formula is C21H33FN4O2Si. The van der Waals surface area contributed by atoms with Gasteiger partial charge in [0.1, 0.15) is 12.4 Å². The number of nitrogens with zero attached hydrogens (tertiary/aromatic N) is 2. The molecule has 0 atom stereocenters. The molecule has 1 aliphatic carbocycles. The van der Waals surface area contributed by atoms with E-state index in [-0.39, 0.29) is 18.6 Å². The number of rotatable bonds is 9. The zero-order chi connectivity index (χ0) is 21.0. The zero-order valence-electron chi connectivity index (χ0n) is 17.7. The number of amides is 1. The van der Waals surface area contributed by atoms with E-state index in [9.17, 15) is 9.18 Å². The maximum absolute atomic E-state index is 12.9. The molecule has 0 bridgehead atoms. The Morgan fingerprint density at radius 1 is 1.34 bits per heavy atom. The summed E-state index contributed by atoms with van der Waals surface area (Å²) < 4.78 is 20.7. The highest BCUT2D eigenvalue weighted by molar-refractivity contribution is 6.76. The number of primary amides is 1. The highest BCUT2D eigenvalue weighted by atomic mass is 28.3. The highest BCUT2D eigenvalue weighted by Gasteiger charge is 2.24. The minimum atomic E-state index is -1.13. The molecule has 0 aromatic carbocycles. The number of ether oxygens (including phenoxy) is 1. The van der Waals surface area contributed by atoms with Crippen molar-refractivity contribution >= 4 is 30.7 Å². The van der Waals surface area contributed by atoms with E-state index in [1.165, 1.54) is 0 Å². The summed E-state index contributed by atoms with van der Waals surface area (Å²) in [5.74, 6) is -0.339. The predicted molar refractivity (Wildman–Crippen MR) is 118 cm³/mol. The number of carbonyl (C=O) groups is 1. The lowest BCUT2D eigenvalue weighted by Crippen LogP contribution is -2.28. The molecule has 0 saturated heterocycles. The van der Waals surface area contributed by atoms with Crippen LogP contribution in [0.25, 0.3) is 11.0 Å². The van der Waals surface area contributed by atoms with Crippen molar-refractivity contribution in [2.75, 3.05) is 18.6 Å². The molecule has 8 heteroatoms. The van der Waals surface area contributed by atoms with Crippen LogP contribution < -0.4 is 11.1 Å². The number of alkyl halides is 1. The number of carbonyl (C=O) groups excluding carboxylic acids is 1. The van der Waals surface area contributed by atoms with Gasteiger partial charge in [-0.05, 0) is 43.7 Å². The average Bonchev–Trinajstić information content (AvgIpc) is 3.08. The lowest BCUT2D eigenvalue weighted by Gasteiger charge is -2.29. The smallest absolute Gasteiger partial charge is 0.252 e. The van der Waals surface area contributed by atoms with Crippen LogP contribution >= 0.6 is 0 Å². The molecule has 2 heterocycles. The Labute approximate surface area is 173 Å². The van der Waals surface area contributed by atoms with Gasteiger partial charge in [-0.2, -0.15) is 0 Å². The maximum atomic E-state index is 12.9. The number of nitrogens with one attached hydrogen (secondary N) is 1. The Hall–Kier alpha value is -1.93. The monoisotopic (exact) mass is 420 g/mol. The second kappa shape index (κ2) is 9.26. The van der Waals surface area contributed by atoms with Crippen LogP contribution in [0.15, 0.2) is 18.5 Å². The van der Waals surface area contributed by atoms with E-state index in [4.69, 9.17) is 10.5 Å². The molecule has 0 radical (unpaired) electrons. The quantitative estimate of drug-likeness (QED) is 0.466. The van der Waals surface area contributed by atoms with Gasteiger partial charge in [-0.15, -0.1) is 0 Å². The lowest BCUT2D eigenvalue weighted by atomic mass is 9.86. The number of nitrogens with two attached hydrogens (primary N) is 1. The fraction of sp³-hybridized carbons (Fsp3) is 0.619. The molecule has 1 amide bonds. The van der Waals surface area contributed by atoms with Gasteiger partial charge in [0.25, 0.3) is 5.91 Å². The number of fused-ring (bicyclic) bond motifs is 1. The van der Waals surface area contributed by atoms with Crippen molar-refractivity contribution in [2.45, 2.75) is 64.1 Å². The third-order valence-electron chi connectivity index (χ3n) is 5.69. The molecule has 2 aromatic heterocycles. The summed E-state index contributed by atoms with van der Waals surface area (Å²) in [7, 11) is -1.13. The Bertz CT molecular complexity index is 841. The molecule has 0 aliphatic heterocycles. The molecule has 3 N–H and O–H groups in total. The maximum Gasteiger partial charge on any atom is 0.252 e. The highest BCUT2D eigenvalue weighted by Crippen LogP contribution is 2.32. The van der Waals surface area contributed by atoms with Crippen LogP contribution in [0.5, 0.6) is 0 Å². The van der Waals surface area contributed by atoms with Gasteiger partial charge in [0, 0.05) is 38.5 Å². The Morgan fingerprint density at radius 3 is 2.69 bits per heavy atom. The summed E-state index contributed by atoms with van der Waals surface area (Å²) in [6.07, 6.45) is 6.97. The molecule has 3 rings (SSSR count). The lowest BCUT2D eigenvalue weighted by molar-refractivity contribution is 0.0899. The summed E-state index contributed by atoms with van der Waals surface area (Å²) in [5, 5.41) is 4.37. The van der Waals surface area contributed by atoms with Crippen molar-refractivity contribution in [3.63, 3.8) is 0 Å². The topological polar surface area (TPSA) is 82.2 Å². The van der Waals surface area contributed by atoms with Crippen molar-refractivity contribution in [3.05, 3.63) is 24.0 Å². The largest absolute Gasteiger partial charge is 0.381 e. The predicted octanol–water partition coefficient (Wildman–Crippen LogP) is 4.39. The summed E-state index contributed by atoms with van der Waals surface area (Å²) in [4.78, 5) is 16.5. The molecule has 0 unspecified atom stereocenters. The van der Waals surface area contributed by atoms with Crippen molar-refractivity contribution in [1.82, 2.24) is 9.55 Å². The number of aromatic nitrogens is 2. The normalized spacial score (nSPS) is 20.1. The second-order valence-electron chi connectivity index (χ2n) is 9.30. The average molecular weight is 421 g/mol. The molecular weight excluding hydrogens is 387 g/mol. The first-order valence-electron chi connectivity index (χ1n) is 10.5. The molecule has 160 valence electrons. The Kier molecular flexibility index (Phi) is 6.95. The summed E-state index contributed by atoms with van der Waals surface area (Å²) in [6, 6.07) is 3.27. The van der Waals surface area contributed by atoms with E-state index >= 15 is 0 Å². The SMILES string of the molecule is C[Si](C)(C)CCOCn1ccc2c(NC3CCC(CF)CC3)c(C(N)=O)cnc21. The van der Waals surface area contributed by atoms with E-state index in [0.717, 1.165) is 55.1 Å². The third-order valence-corrected chi connectivity index (χ3v) is 7.40. The van der Waals surface area contributed by atoms with Crippen LogP contribution in [0, 0.1) is 5.92 Å². The van der Waals surface area contributed by atoms with Gasteiger partial charge < -0.3 is 20.4 Å². The fourth-order valence-corrected chi connectivity index (χ4v) is 4.55. The van der Waals surface area contributed by atoms with Crippen molar-refractivity contribution < 1.29 is 13.9 Å². The van der Waals surface area contributed by atoms with Gasteiger partial charge >= 0.3 is 0 Å². The first-order chi connectivity index (χ1) is 13.8. The standard InChI is InChI=1S/C21H33FN4O2Si/c1-29(2,3)11-10-28-14-26-9-8-17-19(18(20(23)27)13-24-21(17)26)25-16-6-4-15(12-22)5-7-16/h8-9,13,15-16H,4-7,10-12,14H2,1-3H3,(H2,23,27)(H,24,25). The number of hydrogen-bond acceptors (Lipinski definition) is 4. The van der Waals surface area contributed by atoms with Crippen LogP contribution in [-0.2, 0) is 11.5 Å². The molecule has 6 nitrogen and oxygen atoms in total. The van der Waals surface area contributed by atoms with Crippen LogP contribution in [0.3, 0.4) is 0 Å². The van der Waals surface area contributed by atoms with Crippen LogP contribution in [0.1, 0.15) is 36.0 Å². The second-order valence-corrected chi connectivity index (χ2v) is 14.9. The van der Waals surface area contributed by atoms with Crippen molar-refractivity contribution in [3.8, 4) is 0 Å². The van der Waals surface area contributed by atoms with Crippen LogP contribution in [-0.4, -0.2) is 42.9 Å². The van der Waals surface area contributed by atoms with Crippen LogP contribution in [0.2, 0.25) is 25.7 Å². The summed E-state index contributed by atoms with van der Waals surface area (Å²) in [5.41, 5.74) is 7.49. The van der Waals surface area contributed by atoms with Gasteiger partial charge in [0.05, 0.1) is 17.9 Å². The van der Waals surface area contributed by atoms with E-state index in [0.29, 0.717) is 12.3 Å². The Balaban J connectivity index is 1.77. The summed E-state index contributed by atoms with van der Waals surface area (Å²) in [6.45, 7) is 7.89. The molecule has 1 fully saturated rings. The zero-order valence-corrected chi connectivity index (χ0v) is 18.7. The number of hydrogen-bond donors (Lipinski definition) is 2. The number of pyridine rings is 1. The van der Waals surface area contributed by atoms with E-state index in [1.807, 2.05) is 16.8 Å². The van der Waals surface area contributed by atoms with Gasteiger partial charge in [0.2, 0.25) is 0 Å². The van der Waals surface area contributed by atoms with Gasteiger partial charge in [-0.1, -0.05) is 19.6 Å². The van der Waals surface area contributed by atoms with Crippen LogP contribution in [0.4, 0.5) is 10.1 Å².